The number of para-hydroxylation sites is 1. The third kappa shape index (κ3) is 2.17. The van der Waals surface area contributed by atoms with Crippen LogP contribution in [0, 0.1) is 12.3 Å². The van der Waals surface area contributed by atoms with Crippen molar-refractivity contribution in [2.24, 2.45) is 0 Å². The van der Waals surface area contributed by atoms with Gasteiger partial charge in [-0.25, -0.2) is 0 Å². The Hall–Kier alpha value is -1.69. The lowest BCUT2D eigenvalue weighted by molar-refractivity contribution is 0.112. The lowest BCUT2D eigenvalue weighted by Gasteiger charge is -2.09. The van der Waals surface area contributed by atoms with Gasteiger partial charge < -0.3 is 4.74 Å². The van der Waals surface area contributed by atoms with E-state index in [0.29, 0.717) is 11.3 Å². The van der Waals surface area contributed by atoms with Crippen molar-refractivity contribution in [3.05, 3.63) is 23.8 Å². The molecule has 0 aliphatic rings. The van der Waals surface area contributed by atoms with Gasteiger partial charge in [-0.05, 0) is 11.5 Å². The van der Waals surface area contributed by atoms with E-state index < -0.39 is 0 Å². The normalized spacial score (nSPS) is 8.86. The molecule has 1 aromatic rings. The molecule has 0 atom stereocenters. The zero-order valence-corrected chi connectivity index (χ0v) is 7.99. The maximum absolute atomic E-state index is 10.7. The standard InChI is InChI=1S/C11H10BO2/c1-3-7-14-11-9(8-13)5-4-6-10(11)12-2/h1,4-6,8H,7H2,2H3. The third-order valence-electron chi connectivity index (χ3n) is 1.81. The minimum absolute atomic E-state index is 0.172. The molecule has 1 aromatic carbocycles. The van der Waals surface area contributed by atoms with Crippen LogP contribution in [0.15, 0.2) is 18.2 Å². The predicted molar refractivity (Wildman–Crippen MR) is 57.4 cm³/mol. The van der Waals surface area contributed by atoms with E-state index in [1.54, 1.807) is 6.07 Å². The molecule has 0 amide bonds. The number of carbonyl (C=O) groups excluding carboxylic acids is 1. The maximum Gasteiger partial charge on any atom is 0.153 e. The Labute approximate surface area is 84.5 Å². The summed E-state index contributed by atoms with van der Waals surface area (Å²) in [6, 6.07) is 5.38. The lowest BCUT2D eigenvalue weighted by Crippen LogP contribution is -2.17. The number of benzene rings is 1. The Morgan fingerprint density at radius 3 is 3.00 bits per heavy atom. The van der Waals surface area contributed by atoms with E-state index in [-0.39, 0.29) is 6.61 Å². The number of carbonyl (C=O) groups is 1. The Morgan fingerprint density at radius 1 is 1.64 bits per heavy atom. The molecule has 3 heteroatoms. The Bertz CT molecular complexity index is 366. The van der Waals surface area contributed by atoms with Crippen LogP contribution < -0.4 is 10.2 Å². The first kappa shape index (κ1) is 10.4. The largest absolute Gasteiger partial charge is 0.481 e. The van der Waals surface area contributed by atoms with Crippen LogP contribution >= 0.6 is 0 Å². The summed E-state index contributed by atoms with van der Waals surface area (Å²) in [5, 5.41) is 0. The molecule has 0 bridgehead atoms. The number of aldehydes is 1. The van der Waals surface area contributed by atoms with Gasteiger partial charge in [0.1, 0.15) is 12.4 Å². The highest BCUT2D eigenvalue weighted by Crippen LogP contribution is 2.12. The van der Waals surface area contributed by atoms with E-state index in [1.165, 1.54) is 0 Å². The minimum atomic E-state index is 0.172. The van der Waals surface area contributed by atoms with E-state index >= 15 is 0 Å². The summed E-state index contributed by atoms with van der Waals surface area (Å²) in [6.07, 6.45) is 5.85. The van der Waals surface area contributed by atoms with E-state index in [9.17, 15) is 4.79 Å². The highest BCUT2D eigenvalue weighted by Gasteiger charge is 2.07. The van der Waals surface area contributed by atoms with Crippen LogP contribution in [-0.4, -0.2) is 20.2 Å². The Morgan fingerprint density at radius 2 is 2.43 bits per heavy atom. The van der Waals surface area contributed by atoms with Gasteiger partial charge in [0.25, 0.3) is 0 Å². The monoisotopic (exact) mass is 185 g/mol. The number of ether oxygens (including phenoxy) is 1. The third-order valence-corrected chi connectivity index (χ3v) is 1.81. The fraction of sp³-hybridized carbons (Fsp3) is 0.182. The number of hydrogen-bond donors (Lipinski definition) is 0. The summed E-state index contributed by atoms with van der Waals surface area (Å²) in [5.74, 6) is 2.93. The van der Waals surface area contributed by atoms with Crippen LogP contribution in [0.4, 0.5) is 0 Å². The molecule has 0 aliphatic carbocycles. The Kier molecular flexibility index (Phi) is 3.81. The van der Waals surface area contributed by atoms with Crippen molar-refractivity contribution in [2.75, 3.05) is 6.61 Å². The van der Waals surface area contributed by atoms with Crippen molar-refractivity contribution in [2.45, 2.75) is 6.82 Å². The van der Waals surface area contributed by atoms with E-state index in [0.717, 1.165) is 11.7 Å². The van der Waals surface area contributed by atoms with Crippen molar-refractivity contribution < 1.29 is 9.53 Å². The fourth-order valence-electron chi connectivity index (χ4n) is 1.17. The molecule has 2 nitrogen and oxygen atoms in total. The predicted octanol–water partition coefficient (Wildman–Crippen LogP) is 0.889. The molecule has 1 radical (unpaired) electrons. The van der Waals surface area contributed by atoms with Gasteiger partial charge in [-0.2, -0.15) is 0 Å². The van der Waals surface area contributed by atoms with Gasteiger partial charge in [-0.15, -0.1) is 6.42 Å². The van der Waals surface area contributed by atoms with Gasteiger partial charge in [0.05, 0.1) is 5.56 Å². The van der Waals surface area contributed by atoms with Crippen molar-refractivity contribution in [1.29, 1.82) is 0 Å². The number of hydrogen-bond acceptors (Lipinski definition) is 2. The molecular weight excluding hydrogens is 175 g/mol. The molecule has 0 heterocycles. The fourth-order valence-corrected chi connectivity index (χ4v) is 1.17. The molecular formula is C11H10BO2. The molecule has 0 spiro atoms. The first-order valence-corrected chi connectivity index (χ1v) is 4.27. The molecule has 0 N–H and O–H groups in total. The quantitative estimate of drug-likeness (QED) is 0.395. The SMILES string of the molecule is C#CCOc1c([B]C)cccc1C=O. The van der Waals surface area contributed by atoms with Crippen LogP contribution in [-0.2, 0) is 0 Å². The number of rotatable bonds is 4. The lowest BCUT2D eigenvalue weighted by atomic mass is 9.72. The Balaban J connectivity index is 3.06. The zero-order valence-electron chi connectivity index (χ0n) is 7.99. The summed E-state index contributed by atoms with van der Waals surface area (Å²) in [6.45, 7) is 2.05. The molecule has 0 saturated carbocycles. The van der Waals surface area contributed by atoms with Crippen molar-refractivity contribution in [3.8, 4) is 18.1 Å². The molecule has 0 fully saturated rings. The molecule has 0 aromatic heterocycles. The molecule has 0 aliphatic heterocycles. The molecule has 0 saturated heterocycles. The van der Waals surface area contributed by atoms with Gasteiger partial charge in [0.15, 0.2) is 13.6 Å². The summed E-state index contributed by atoms with van der Waals surface area (Å²) in [5.41, 5.74) is 1.40. The second-order valence-electron chi connectivity index (χ2n) is 2.66. The summed E-state index contributed by atoms with van der Waals surface area (Å²) < 4.78 is 5.30. The van der Waals surface area contributed by atoms with Crippen LogP contribution in [0.2, 0.25) is 6.82 Å². The first-order chi connectivity index (χ1) is 6.83. The number of terminal acetylenes is 1. The van der Waals surface area contributed by atoms with Gasteiger partial charge in [-0.3, -0.25) is 4.79 Å². The van der Waals surface area contributed by atoms with Crippen LogP contribution in [0.5, 0.6) is 5.75 Å². The minimum Gasteiger partial charge on any atom is -0.481 e. The van der Waals surface area contributed by atoms with Crippen LogP contribution in [0.3, 0.4) is 0 Å². The van der Waals surface area contributed by atoms with Crippen molar-refractivity contribution in [3.63, 3.8) is 0 Å². The molecule has 69 valence electrons. The van der Waals surface area contributed by atoms with E-state index in [2.05, 4.69) is 5.92 Å². The molecule has 14 heavy (non-hydrogen) atoms. The topological polar surface area (TPSA) is 26.3 Å². The second kappa shape index (κ2) is 5.13. The van der Waals surface area contributed by atoms with Gasteiger partial charge in [0, 0.05) is 0 Å². The van der Waals surface area contributed by atoms with E-state index in [4.69, 9.17) is 11.2 Å². The van der Waals surface area contributed by atoms with Crippen LogP contribution in [0.25, 0.3) is 0 Å². The smallest absolute Gasteiger partial charge is 0.153 e. The summed E-state index contributed by atoms with van der Waals surface area (Å²) in [4.78, 5) is 10.7. The summed E-state index contributed by atoms with van der Waals surface area (Å²) >= 11 is 0. The second-order valence-corrected chi connectivity index (χ2v) is 2.66. The van der Waals surface area contributed by atoms with Crippen molar-refractivity contribution in [1.82, 2.24) is 0 Å². The average molecular weight is 185 g/mol. The van der Waals surface area contributed by atoms with Gasteiger partial charge in [0.2, 0.25) is 0 Å². The zero-order chi connectivity index (χ0) is 10.4. The highest BCUT2D eigenvalue weighted by molar-refractivity contribution is 6.53. The van der Waals surface area contributed by atoms with Crippen molar-refractivity contribution >= 4 is 19.0 Å². The first-order valence-electron chi connectivity index (χ1n) is 4.27. The highest BCUT2D eigenvalue weighted by atomic mass is 16.5. The summed E-state index contributed by atoms with van der Waals surface area (Å²) in [7, 11) is 1.87. The van der Waals surface area contributed by atoms with Gasteiger partial charge >= 0.3 is 0 Å². The van der Waals surface area contributed by atoms with Crippen LogP contribution in [0.1, 0.15) is 10.4 Å². The van der Waals surface area contributed by atoms with E-state index in [1.807, 2.05) is 26.2 Å². The average Bonchev–Trinajstić information content (AvgIpc) is 2.25. The molecule has 1 rings (SSSR count). The maximum atomic E-state index is 10.7. The molecule has 0 unspecified atom stereocenters. The van der Waals surface area contributed by atoms with Gasteiger partial charge in [-0.1, -0.05) is 24.9 Å².